The minimum Gasteiger partial charge on any atom is -0.310 e. The summed E-state index contributed by atoms with van der Waals surface area (Å²) >= 11 is 0. The smallest absolute Gasteiger partial charge is 0.0541 e. The summed E-state index contributed by atoms with van der Waals surface area (Å²) in [5.41, 5.74) is 11.8. The molecule has 1 aromatic heterocycles. The Bertz CT molecular complexity index is 2830. The SMILES string of the molecule is c1ccc(-c2cccc3cccc(-c4ccc(N(c5ccccc5)c5ccc(-n6c7ccccc7c7ccccc76)cc5)c5ccccc45)c23)cc1. The van der Waals surface area contributed by atoms with Crippen LogP contribution in [0.25, 0.3) is 71.3 Å². The first-order valence-corrected chi connectivity index (χ1v) is 17.9. The summed E-state index contributed by atoms with van der Waals surface area (Å²) in [5.74, 6) is 0. The van der Waals surface area contributed by atoms with Gasteiger partial charge in [-0.15, -0.1) is 0 Å². The number of nitrogens with zero attached hydrogens (tertiary/aromatic N) is 2. The molecule has 0 saturated heterocycles. The van der Waals surface area contributed by atoms with Gasteiger partial charge in [0.15, 0.2) is 0 Å². The van der Waals surface area contributed by atoms with Crippen LogP contribution in [-0.2, 0) is 0 Å². The van der Waals surface area contributed by atoms with Gasteiger partial charge in [-0.2, -0.15) is 0 Å². The first-order valence-electron chi connectivity index (χ1n) is 17.9. The van der Waals surface area contributed by atoms with Gasteiger partial charge in [0.1, 0.15) is 0 Å². The van der Waals surface area contributed by atoms with E-state index in [0.29, 0.717) is 0 Å². The summed E-state index contributed by atoms with van der Waals surface area (Å²) in [5, 5.41) is 7.46. The van der Waals surface area contributed by atoms with Crippen LogP contribution in [0.2, 0.25) is 0 Å². The van der Waals surface area contributed by atoms with E-state index in [9.17, 15) is 0 Å². The van der Waals surface area contributed by atoms with Crippen molar-refractivity contribution in [3.63, 3.8) is 0 Å². The zero-order valence-electron chi connectivity index (χ0n) is 28.5. The maximum atomic E-state index is 2.39. The molecular formula is C50H34N2. The van der Waals surface area contributed by atoms with Crippen molar-refractivity contribution in [1.29, 1.82) is 0 Å². The van der Waals surface area contributed by atoms with Crippen molar-refractivity contribution in [3.8, 4) is 27.9 Å². The summed E-state index contributed by atoms with van der Waals surface area (Å²) in [4.78, 5) is 2.39. The Balaban J connectivity index is 1.15. The van der Waals surface area contributed by atoms with E-state index in [0.717, 1.165) is 22.7 Å². The summed E-state index contributed by atoms with van der Waals surface area (Å²) in [6, 6.07) is 74.6. The monoisotopic (exact) mass is 662 g/mol. The number of para-hydroxylation sites is 3. The number of benzene rings is 9. The molecule has 9 aromatic carbocycles. The Morgan fingerprint density at radius 3 is 1.54 bits per heavy atom. The fraction of sp³-hybridized carbons (Fsp3) is 0. The molecule has 0 fully saturated rings. The van der Waals surface area contributed by atoms with Crippen molar-refractivity contribution in [3.05, 3.63) is 206 Å². The van der Waals surface area contributed by atoms with Gasteiger partial charge >= 0.3 is 0 Å². The van der Waals surface area contributed by atoms with Gasteiger partial charge in [-0.05, 0) is 93.0 Å². The Morgan fingerprint density at radius 1 is 0.327 bits per heavy atom. The Hall–Kier alpha value is -6.90. The van der Waals surface area contributed by atoms with Crippen LogP contribution in [0.4, 0.5) is 17.1 Å². The van der Waals surface area contributed by atoms with Gasteiger partial charge in [0.25, 0.3) is 0 Å². The van der Waals surface area contributed by atoms with E-state index < -0.39 is 0 Å². The molecule has 2 heteroatoms. The van der Waals surface area contributed by atoms with Crippen LogP contribution in [0.15, 0.2) is 206 Å². The van der Waals surface area contributed by atoms with E-state index in [1.807, 2.05) is 0 Å². The lowest BCUT2D eigenvalue weighted by molar-refractivity contribution is 1.17. The fourth-order valence-electron chi connectivity index (χ4n) is 8.09. The normalized spacial score (nSPS) is 11.5. The zero-order valence-corrected chi connectivity index (χ0v) is 28.5. The Labute approximate surface area is 303 Å². The number of anilines is 3. The molecule has 0 saturated carbocycles. The van der Waals surface area contributed by atoms with E-state index >= 15 is 0 Å². The van der Waals surface area contributed by atoms with Gasteiger partial charge < -0.3 is 9.47 Å². The van der Waals surface area contributed by atoms with Crippen LogP contribution in [0.5, 0.6) is 0 Å². The average Bonchev–Trinajstić information content (AvgIpc) is 3.56. The summed E-state index contributed by atoms with van der Waals surface area (Å²) in [6.07, 6.45) is 0. The minimum absolute atomic E-state index is 1.10. The predicted molar refractivity (Wildman–Crippen MR) is 221 cm³/mol. The standard InChI is InChI=1S/C50H34N2/c1-3-15-35(16-4-1)40-25-13-17-36-18-14-26-46(50(36)40)42-33-34-49(43-22-8-7-21-41(42)43)51(37-19-5-2-6-20-37)38-29-31-39(32-30-38)52-47-27-11-9-23-44(47)45-24-10-12-28-48(45)52/h1-34H. The number of hydrogen-bond donors (Lipinski definition) is 0. The lowest BCUT2D eigenvalue weighted by Crippen LogP contribution is -2.10. The van der Waals surface area contributed by atoms with E-state index in [2.05, 4.69) is 216 Å². The van der Waals surface area contributed by atoms with Crippen LogP contribution in [-0.4, -0.2) is 4.57 Å². The van der Waals surface area contributed by atoms with Gasteiger partial charge in [0.05, 0.1) is 16.7 Å². The maximum Gasteiger partial charge on any atom is 0.0541 e. The van der Waals surface area contributed by atoms with Crippen molar-refractivity contribution in [2.75, 3.05) is 4.90 Å². The molecule has 10 rings (SSSR count). The zero-order chi connectivity index (χ0) is 34.4. The molecule has 0 unspecified atom stereocenters. The highest BCUT2D eigenvalue weighted by atomic mass is 15.1. The molecular weight excluding hydrogens is 629 g/mol. The van der Waals surface area contributed by atoms with Crippen molar-refractivity contribution in [2.24, 2.45) is 0 Å². The predicted octanol–water partition coefficient (Wildman–Crippen LogP) is 13.9. The molecule has 2 nitrogen and oxygen atoms in total. The maximum absolute atomic E-state index is 2.39. The summed E-state index contributed by atoms with van der Waals surface area (Å²) in [7, 11) is 0. The molecule has 0 radical (unpaired) electrons. The van der Waals surface area contributed by atoms with Crippen molar-refractivity contribution < 1.29 is 0 Å². The van der Waals surface area contributed by atoms with Gasteiger partial charge in [-0.1, -0.05) is 152 Å². The molecule has 0 N–H and O–H groups in total. The minimum atomic E-state index is 1.10. The molecule has 0 aliphatic rings. The van der Waals surface area contributed by atoms with Gasteiger partial charge in [0, 0.05) is 33.2 Å². The number of hydrogen-bond acceptors (Lipinski definition) is 1. The lowest BCUT2D eigenvalue weighted by atomic mass is 9.89. The number of rotatable bonds is 6. The van der Waals surface area contributed by atoms with Gasteiger partial charge in [-0.3, -0.25) is 0 Å². The van der Waals surface area contributed by atoms with Crippen LogP contribution in [0.1, 0.15) is 0 Å². The second-order valence-electron chi connectivity index (χ2n) is 13.3. The Morgan fingerprint density at radius 2 is 0.865 bits per heavy atom. The van der Waals surface area contributed by atoms with Crippen molar-refractivity contribution >= 4 is 60.4 Å². The Kier molecular flexibility index (Phi) is 7.18. The molecule has 10 aromatic rings. The molecule has 1 heterocycles. The van der Waals surface area contributed by atoms with Gasteiger partial charge in [0.2, 0.25) is 0 Å². The third-order valence-corrected chi connectivity index (χ3v) is 10.4. The molecule has 244 valence electrons. The summed E-state index contributed by atoms with van der Waals surface area (Å²) < 4.78 is 2.37. The average molecular weight is 663 g/mol. The first kappa shape index (κ1) is 30.0. The van der Waals surface area contributed by atoms with E-state index in [-0.39, 0.29) is 0 Å². The number of fused-ring (bicyclic) bond motifs is 5. The third kappa shape index (κ3) is 4.88. The highest BCUT2D eigenvalue weighted by molar-refractivity contribution is 6.14. The highest BCUT2D eigenvalue weighted by Gasteiger charge is 2.19. The lowest BCUT2D eigenvalue weighted by Gasteiger charge is -2.28. The first-order chi connectivity index (χ1) is 25.8. The molecule has 0 amide bonds. The summed E-state index contributed by atoms with van der Waals surface area (Å²) in [6.45, 7) is 0. The van der Waals surface area contributed by atoms with Crippen LogP contribution in [0, 0.1) is 0 Å². The van der Waals surface area contributed by atoms with Crippen molar-refractivity contribution in [1.82, 2.24) is 4.57 Å². The van der Waals surface area contributed by atoms with Crippen molar-refractivity contribution in [2.45, 2.75) is 0 Å². The van der Waals surface area contributed by atoms with Crippen LogP contribution < -0.4 is 4.90 Å². The second-order valence-corrected chi connectivity index (χ2v) is 13.3. The second kappa shape index (κ2) is 12.5. The molecule has 0 aliphatic carbocycles. The highest BCUT2D eigenvalue weighted by Crippen LogP contribution is 2.45. The molecule has 52 heavy (non-hydrogen) atoms. The van der Waals surface area contributed by atoms with E-state index in [1.54, 1.807) is 0 Å². The van der Waals surface area contributed by atoms with Crippen LogP contribution in [0.3, 0.4) is 0 Å². The molecule has 0 spiro atoms. The van der Waals surface area contributed by atoms with Gasteiger partial charge in [-0.25, -0.2) is 0 Å². The molecule has 0 atom stereocenters. The third-order valence-electron chi connectivity index (χ3n) is 10.4. The molecule has 0 bridgehead atoms. The van der Waals surface area contributed by atoms with Crippen LogP contribution >= 0.6 is 0 Å². The quantitative estimate of drug-likeness (QED) is 0.172. The largest absolute Gasteiger partial charge is 0.310 e. The fourth-order valence-corrected chi connectivity index (χ4v) is 8.09. The topological polar surface area (TPSA) is 8.17 Å². The molecule has 0 aliphatic heterocycles. The van der Waals surface area contributed by atoms with E-state index in [4.69, 9.17) is 0 Å². The van der Waals surface area contributed by atoms with E-state index in [1.165, 1.54) is 65.6 Å². The number of aromatic nitrogens is 1.